The van der Waals surface area contributed by atoms with Gasteiger partial charge in [-0.1, -0.05) is 164 Å². The molecule has 0 amide bonds. The van der Waals surface area contributed by atoms with Crippen molar-refractivity contribution in [2.75, 3.05) is 4.90 Å². The Morgan fingerprint density at radius 1 is 0.547 bits per heavy atom. The normalized spacial score (nSPS) is 15.8. The average Bonchev–Trinajstić information content (AvgIpc) is 3.85. The maximum Gasteiger partial charge on any atom is 0.343 e. The van der Waals surface area contributed by atoms with E-state index in [0.29, 0.717) is 0 Å². The molecule has 4 heteroatoms. The number of rotatable bonds is 3. The van der Waals surface area contributed by atoms with Crippen LogP contribution in [0.4, 0.5) is 17.1 Å². The Morgan fingerprint density at radius 3 is 1.98 bits per heavy atom. The minimum Gasteiger partial charge on any atom is -0.375 e. The van der Waals surface area contributed by atoms with Crippen molar-refractivity contribution >= 4 is 88.2 Å². The quantitative estimate of drug-likeness (QED) is 0.161. The molecule has 2 aromatic heterocycles. The molecule has 0 fully saturated rings. The zero-order valence-corrected chi connectivity index (χ0v) is 38.6. The number of benzene rings is 8. The van der Waals surface area contributed by atoms with Gasteiger partial charge < -0.3 is 9.38 Å². The molecule has 2 nitrogen and oxygen atoms in total. The summed E-state index contributed by atoms with van der Waals surface area (Å²) in [6.45, 7) is 16.9. The van der Waals surface area contributed by atoms with Crippen LogP contribution in [-0.4, -0.2) is 11.3 Å². The van der Waals surface area contributed by atoms with Crippen LogP contribution in [0.15, 0.2) is 158 Å². The van der Waals surface area contributed by atoms with E-state index in [2.05, 4.69) is 216 Å². The maximum atomic E-state index is 2.75. The molecule has 0 bridgehead atoms. The lowest BCUT2D eigenvalue weighted by Crippen LogP contribution is -2.55. The largest absolute Gasteiger partial charge is 0.375 e. The van der Waals surface area contributed by atoms with Crippen molar-refractivity contribution in [1.82, 2.24) is 4.48 Å². The zero-order valence-electron chi connectivity index (χ0n) is 37.8. The summed E-state index contributed by atoms with van der Waals surface area (Å²) in [6, 6.07) is 60.5. The molecule has 64 heavy (non-hydrogen) atoms. The maximum absolute atomic E-state index is 2.75. The highest BCUT2D eigenvalue weighted by atomic mass is 32.1. The van der Waals surface area contributed by atoms with Gasteiger partial charge in [0.05, 0.1) is 11.4 Å². The summed E-state index contributed by atoms with van der Waals surface area (Å²) in [5.41, 5.74) is 19.9. The number of fused-ring (bicyclic) bond motifs is 12. The van der Waals surface area contributed by atoms with Gasteiger partial charge >= 0.3 is 6.85 Å². The van der Waals surface area contributed by atoms with Gasteiger partial charge in [0, 0.05) is 53.5 Å². The van der Waals surface area contributed by atoms with E-state index in [4.69, 9.17) is 0 Å². The Morgan fingerprint density at radius 2 is 1.23 bits per heavy atom. The van der Waals surface area contributed by atoms with Gasteiger partial charge in [-0.2, -0.15) is 0 Å². The van der Waals surface area contributed by atoms with Gasteiger partial charge in [0.1, 0.15) is 0 Å². The molecular formula is C60H51BN2S. The summed E-state index contributed by atoms with van der Waals surface area (Å²) >= 11 is 2.03. The summed E-state index contributed by atoms with van der Waals surface area (Å²) in [7, 11) is 0. The van der Waals surface area contributed by atoms with Crippen LogP contribution in [0.2, 0.25) is 0 Å². The predicted molar refractivity (Wildman–Crippen MR) is 278 cm³/mol. The zero-order chi connectivity index (χ0) is 43.4. The van der Waals surface area contributed by atoms with Gasteiger partial charge in [-0.15, -0.1) is 11.3 Å². The first kappa shape index (κ1) is 38.1. The van der Waals surface area contributed by atoms with Gasteiger partial charge in [-0.25, -0.2) is 0 Å². The Labute approximate surface area is 380 Å². The van der Waals surface area contributed by atoms with Crippen molar-refractivity contribution in [3.8, 4) is 33.4 Å². The van der Waals surface area contributed by atoms with E-state index < -0.39 is 0 Å². The van der Waals surface area contributed by atoms with Gasteiger partial charge in [0.25, 0.3) is 0 Å². The van der Waals surface area contributed by atoms with E-state index in [1.165, 1.54) is 133 Å². The van der Waals surface area contributed by atoms with Crippen LogP contribution >= 0.6 is 11.3 Å². The van der Waals surface area contributed by atoms with Gasteiger partial charge in [-0.05, 0) is 127 Å². The third-order valence-electron chi connectivity index (χ3n) is 15.4. The summed E-state index contributed by atoms with van der Waals surface area (Å²) in [5.74, 6) is 0. The summed E-state index contributed by atoms with van der Waals surface area (Å²) in [5, 5.41) is 6.63. The number of aromatic nitrogens is 1. The first-order valence-corrected chi connectivity index (χ1v) is 24.0. The third-order valence-corrected chi connectivity index (χ3v) is 16.6. The van der Waals surface area contributed by atoms with Crippen molar-refractivity contribution < 1.29 is 0 Å². The summed E-state index contributed by atoms with van der Waals surface area (Å²) < 4.78 is 5.54. The second kappa shape index (κ2) is 13.1. The first-order valence-electron chi connectivity index (χ1n) is 23.2. The molecule has 13 rings (SSSR count). The number of hydrogen-bond donors (Lipinski definition) is 0. The number of nitrogens with zero attached hydrogens (tertiary/aromatic N) is 2. The van der Waals surface area contributed by atoms with Crippen molar-refractivity contribution in [3.63, 3.8) is 0 Å². The second-order valence-corrected chi connectivity index (χ2v) is 22.2. The highest BCUT2D eigenvalue weighted by Gasteiger charge is 2.47. The lowest BCUT2D eigenvalue weighted by Gasteiger charge is -2.42. The number of hydrogen-bond acceptors (Lipinski definition) is 2. The van der Waals surface area contributed by atoms with Crippen LogP contribution in [0.3, 0.4) is 0 Å². The van der Waals surface area contributed by atoms with Crippen molar-refractivity contribution in [3.05, 3.63) is 174 Å². The van der Waals surface area contributed by atoms with E-state index in [-0.39, 0.29) is 23.1 Å². The molecular weight excluding hydrogens is 792 g/mol. The second-order valence-electron chi connectivity index (χ2n) is 21.1. The standard InChI is InChI=1S/C60H51BN2S/c1-58(2,3)40-26-28-49(44(33-40)37-19-12-9-13-20-37)62-51-32-39(36-17-10-8-11-18-36)31-45-42-23-16-24-43-53-41-22-15-14-21-38(41)25-27-50(53)63(55(42)43)61(54(45)51)57-56(62)46-34-47-48(35-52(46)64-57)60(6,7)30-29-59(47,4)5/h8-28,31-35H,29-30H2,1-7H3. The molecule has 0 saturated carbocycles. The number of anilines is 3. The smallest absolute Gasteiger partial charge is 0.343 e. The van der Waals surface area contributed by atoms with Crippen LogP contribution in [0.25, 0.3) is 76.0 Å². The fourth-order valence-corrected chi connectivity index (χ4v) is 13.2. The molecule has 0 radical (unpaired) electrons. The molecule has 4 heterocycles. The molecule has 1 aliphatic carbocycles. The van der Waals surface area contributed by atoms with Crippen LogP contribution in [0.5, 0.6) is 0 Å². The minimum absolute atomic E-state index is 0.0200. The van der Waals surface area contributed by atoms with Crippen LogP contribution in [-0.2, 0) is 16.2 Å². The fraction of sp³-hybridized carbons (Fsp3) is 0.200. The fourth-order valence-electron chi connectivity index (χ4n) is 11.9. The minimum atomic E-state index is -0.0263. The number of thiophene rings is 1. The van der Waals surface area contributed by atoms with Gasteiger partial charge in [0.2, 0.25) is 0 Å². The highest BCUT2D eigenvalue weighted by molar-refractivity contribution is 7.32. The Hall–Kier alpha value is -6.36. The third kappa shape index (κ3) is 5.27. The topological polar surface area (TPSA) is 8.17 Å². The van der Waals surface area contributed by atoms with E-state index >= 15 is 0 Å². The molecule has 0 atom stereocenters. The first-order chi connectivity index (χ1) is 30.9. The lowest BCUT2D eigenvalue weighted by molar-refractivity contribution is 0.332. The molecule has 0 saturated heterocycles. The van der Waals surface area contributed by atoms with Crippen molar-refractivity contribution in [2.45, 2.75) is 77.6 Å². The van der Waals surface area contributed by atoms with E-state index in [9.17, 15) is 0 Å². The van der Waals surface area contributed by atoms with E-state index in [1.54, 1.807) is 0 Å². The van der Waals surface area contributed by atoms with Crippen LogP contribution in [0.1, 0.15) is 78.0 Å². The molecule has 0 unspecified atom stereocenters. The Balaban J connectivity index is 1.23. The Bertz CT molecular complexity index is 3600. The SMILES string of the molecule is CC(C)(C)c1ccc(N2c3cc(-c4ccccc4)cc4c3B(c3sc5cc6c(cc5c32)C(C)(C)CCC6(C)C)n2c3ccc5ccccc5c3c3cccc-4c32)c(-c2ccccc2)c1. The van der Waals surface area contributed by atoms with Gasteiger partial charge in [-0.3, -0.25) is 0 Å². The molecule has 2 aliphatic heterocycles. The monoisotopic (exact) mass is 842 g/mol. The van der Waals surface area contributed by atoms with Crippen molar-refractivity contribution in [2.24, 2.45) is 0 Å². The predicted octanol–water partition coefficient (Wildman–Crippen LogP) is 15.6. The van der Waals surface area contributed by atoms with Crippen molar-refractivity contribution in [1.29, 1.82) is 0 Å². The highest BCUT2D eigenvalue weighted by Crippen LogP contribution is 2.55. The van der Waals surface area contributed by atoms with Gasteiger partial charge in [0.15, 0.2) is 0 Å². The van der Waals surface area contributed by atoms with Crippen LogP contribution < -0.4 is 15.1 Å². The molecule has 0 spiro atoms. The van der Waals surface area contributed by atoms with E-state index in [1.807, 2.05) is 11.3 Å². The molecule has 3 aliphatic rings. The number of para-hydroxylation sites is 1. The summed E-state index contributed by atoms with van der Waals surface area (Å²) in [6.07, 6.45) is 2.36. The lowest BCUT2D eigenvalue weighted by atomic mass is 9.48. The molecule has 10 aromatic rings. The molecule has 310 valence electrons. The molecule has 0 N–H and O–H groups in total. The Kier molecular flexibility index (Phi) is 7.81. The molecule has 8 aromatic carbocycles. The van der Waals surface area contributed by atoms with E-state index in [0.717, 1.165) is 0 Å². The average molecular weight is 843 g/mol. The summed E-state index contributed by atoms with van der Waals surface area (Å²) in [4.78, 5) is 2.71. The van der Waals surface area contributed by atoms with Crippen LogP contribution in [0, 0.1) is 0 Å².